The molecule has 1 aliphatic heterocycles. The van der Waals surface area contributed by atoms with Gasteiger partial charge in [-0.2, -0.15) is 13.2 Å². The lowest BCUT2D eigenvalue weighted by Crippen LogP contribution is -2.36. The molecule has 2 heterocycles. The highest BCUT2D eigenvalue weighted by Crippen LogP contribution is 2.22. The minimum Gasteiger partial charge on any atom is -0.475 e. The summed E-state index contributed by atoms with van der Waals surface area (Å²) in [5, 5.41) is 12.1. The van der Waals surface area contributed by atoms with E-state index >= 15 is 0 Å². The molecule has 11 heteroatoms. The predicted octanol–water partition coefficient (Wildman–Crippen LogP) is 1.97. The van der Waals surface area contributed by atoms with Gasteiger partial charge in [-0.1, -0.05) is 6.07 Å². The van der Waals surface area contributed by atoms with Gasteiger partial charge in [-0.3, -0.25) is 9.59 Å². The van der Waals surface area contributed by atoms with Crippen molar-refractivity contribution in [3.8, 4) is 0 Å². The number of carboxylic acids is 1. The Bertz CT molecular complexity index is 665. The second kappa shape index (κ2) is 10.4. The lowest BCUT2D eigenvalue weighted by molar-refractivity contribution is -0.192. The number of nitrogens with one attached hydrogen (secondary N) is 1. The molecular formula is C17H24F3N3O4S. The van der Waals surface area contributed by atoms with Crippen LogP contribution in [0.4, 0.5) is 13.2 Å². The van der Waals surface area contributed by atoms with Crippen LogP contribution in [0.2, 0.25) is 0 Å². The maximum absolute atomic E-state index is 12.3. The Hall–Kier alpha value is -2.14. The van der Waals surface area contributed by atoms with Crippen LogP contribution in [0.15, 0.2) is 17.5 Å². The minimum absolute atomic E-state index is 0.00317. The van der Waals surface area contributed by atoms with Crippen molar-refractivity contribution in [2.45, 2.75) is 25.6 Å². The van der Waals surface area contributed by atoms with E-state index in [0.717, 1.165) is 11.4 Å². The second-order valence-electron chi connectivity index (χ2n) is 6.59. The third-order valence-corrected chi connectivity index (χ3v) is 5.03. The van der Waals surface area contributed by atoms with Gasteiger partial charge in [0.2, 0.25) is 11.8 Å². The first kappa shape index (κ1) is 23.9. The number of hydrogen-bond acceptors (Lipinski definition) is 5. The van der Waals surface area contributed by atoms with E-state index in [1.807, 2.05) is 43.4 Å². The molecule has 0 bridgehead atoms. The normalized spacial score (nSPS) is 17.9. The van der Waals surface area contributed by atoms with Crippen molar-refractivity contribution in [3.05, 3.63) is 22.4 Å². The summed E-state index contributed by atoms with van der Waals surface area (Å²) in [4.78, 5) is 38.1. The van der Waals surface area contributed by atoms with Crippen LogP contribution in [0, 0.1) is 5.92 Å². The number of carbonyl (C=O) groups is 3. The van der Waals surface area contributed by atoms with Crippen molar-refractivity contribution >= 4 is 29.1 Å². The molecule has 0 aromatic carbocycles. The summed E-state index contributed by atoms with van der Waals surface area (Å²) >= 11 is 1.63. The first-order valence-electron chi connectivity index (χ1n) is 8.48. The third kappa shape index (κ3) is 7.85. The van der Waals surface area contributed by atoms with E-state index in [2.05, 4.69) is 5.32 Å². The van der Waals surface area contributed by atoms with Crippen molar-refractivity contribution in [1.29, 1.82) is 0 Å². The van der Waals surface area contributed by atoms with Crippen molar-refractivity contribution in [2.75, 3.05) is 33.7 Å². The average Bonchev–Trinajstić information content (AvgIpc) is 3.22. The molecule has 1 aliphatic rings. The van der Waals surface area contributed by atoms with Crippen molar-refractivity contribution < 1.29 is 32.7 Å². The summed E-state index contributed by atoms with van der Waals surface area (Å²) in [6.45, 7) is 4.03. The largest absolute Gasteiger partial charge is 0.490 e. The Morgan fingerprint density at radius 1 is 1.43 bits per heavy atom. The molecule has 2 atom stereocenters. The molecule has 158 valence electrons. The maximum atomic E-state index is 12.3. The van der Waals surface area contributed by atoms with Gasteiger partial charge < -0.3 is 20.2 Å². The molecule has 0 saturated carbocycles. The highest BCUT2D eigenvalue weighted by atomic mass is 32.1. The zero-order valence-corrected chi connectivity index (χ0v) is 16.6. The topological polar surface area (TPSA) is 90.0 Å². The predicted molar refractivity (Wildman–Crippen MR) is 97.8 cm³/mol. The molecule has 2 amide bonds. The molecule has 7 nitrogen and oxygen atoms in total. The Labute approximate surface area is 165 Å². The monoisotopic (exact) mass is 423 g/mol. The smallest absolute Gasteiger partial charge is 0.475 e. The van der Waals surface area contributed by atoms with Gasteiger partial charge in [-0.05, 0) is 32.5 Å². The average molecular weight is 423 g/mol. The van der Waals surface area contributed by atoms with Gasteiger partial charge in [0.15, 0.2) is 0 Å². The fourth-order valence-corrected chi connectivity index (χ4v) is 3.16. The number of nitrogens with zero attached hydrogens (tertiary/aromatic N) is 2. The quantitative estimate of drug-likeness (QED) is 0.730. The molecule has 0 radical (unpaired) electrons. The van der Waals surface area contributed by atoms with Gasteiger partial charge in [0, 0.05) is 30.9 Å². The minimum atomic E-state index is -5.08. The SMILES string of the molecule is CC(NC(=O)C1CC(=O)N(CCN(C)C)C1)c1cccs1.O=C(O)C(F)(F)F. The van der Waals surface area contributed by atoms with Gasteiger partial charge >= 0.3 is 12.1 Å². The van der Waals surface area contributed by atoms with E-state index in [1.165, 1.54) is 0 Å². The fourth-order valence-electron chi connectivity index (χ4n) is 2.42. The molecule has 0 aliphatic carbocycles. The lowest BCUT2D eigenvalue weighted by Gasteiger charge is -2.19. The zero-order chi connectivity index (χ0) is 21.5. The van der Waals surface area contributed by atoms with Crippen molar-refractivity contribution in [3.63, 3.8) is 0 Å². The van der Waals surface area contributed by atoms with E-state index in [4.69, 9.17) is 9.90 Å². The number of amides is 2. The number of rotatable bonds is 6. The molecule has 0 spiro atoms. The number of likely N-dealkylation sites (tertiary alicyclic amines) is 1. The lowest BCUT2D eigenvalue weighted by atomic mass is 10.1. The Balaban J connectivity index is 0.000000480. The third-order valence-electron chi connectivity index (χ3n) is 3.97. The summed E-state index contributed by atoms with van der Waals surface area (Å²) in [5.74, 6) is -2.91. The number of carbonyl (C=O) groups excluding carboxylic acids is 2. The fraction of sp³-hybridized carbons (Fsp3) is 0.588. The summed E-state index contributed by atoms with van der Waals surface area (Å²) in [7, 11) is 3.96. The Morgan fingerprint density at radius 2 is 2.04 bits per heavy atom. The number of thiophene rings is 1. The summed E-state index contributed by atoms with van der Waals surface area (Å²) in [6.07, 6.45) is -4.75. The van der Waals surface area contributed by atoms with Crippen molar-refractivity contribution in [2.24, 2.45) is 5.92 Å². The van der Waals surface area contributed by atoms with Gasteiger partial charge in [-0.25, -0.2) is 4.79 Å². The Kier molecular flexibility index (Phi) is 8.89. The van der Waals surface area contributed by atoms with Gasteiger partial charge in [0.25, 0.3) is 0 Å². The first-order valence-corrected chi connectivity index (χ1v) is 9.36. The van der Waals surface area contributed by atoms with Gasteiger partial charge in [0.05, 0.1) is 12.0 Å². The van der Waals surface area contributed by atoms with Crippen LogP contribution < -0.4 is 5.32 Å². The Morgan fingerprint density at radius 3 is 2.50 bits per heavy atom. The molecule has 2 N–H and O–H groups in total. The van der Waals surface area contributed by atoms with Crippen LogP contribution in [-0.4, -0.2) is 72.6 Å². The zero-order valence-electron chi connectivity index (χ0n) is 15.8. The van der Waals surface area contributed by atoms with Gasteiger partial charge in [0.1, 0.15) is 0 Å². The molecule has 1 fully saturated rings. The maximum Gasteiger partial charge on any atom is 0.490 e. The second-order valence-corrected chi connectivity index (χ2v) is 7.57. The van der Waals surface area contributed by atoms with Crippen LogP contribution in [0.5, 0.6) is 0 Å². The van der Waals surface area contributed by atoms with Crippen molar-refractivity contribution in [1.82, 2.24) is 15.1 Å². The molecule has 2 unspecified atom stereocenters. The standard InChI is InChI=1S/C15H23N3O2S.C2HF3O2/c1-11(13-5-4-8-21-13)16-15(20)12-9-14(19)18(10-12)7-6-17(2)3;3-2(4,5)1(6)7/h4-5,8,11-12H,6-7,9-10H2,1-3H3,(H,16,20);(H,6,7). The molecule has 1 aromatic rings. The van der Waals surface area contributed by atoms with E-state index in [9.17, 15) is 22.8 Å². The van der Waals surface area contributed by atoms with Crippen LogP contribution in [0.3, 0.4) is 0 Å². The molecule has 1 aromatic heterocycles. The number of likely N-dealkylation sites (N-methyl/N-ethyl adjacent to an activating group) is 1. The number of carboxylic acid groups (broad SMARTS) is 1. The number of aliphatic carboxylic acids is 1. The molecule has 28 heavy (non-hydrogen) atoms. The van der Waals surface area contributed by atoms with E-state index in [0.29, 0.717) is 19.5 Å². The highest BCUT2D eigenvalue weighted by Gasteiger charge is 2.38. The van der Waals surface area contributed by atoms with Crippen LogP contribution in [-0.2, 0) is 14.4 Å². The van der Waals surface area contributed by atoms with Crippen LogP contribution in [0.25, 0.3) is 0 Å². The summed E-state index contributed by atoms with van der Waals surface area (Å²) in [5.41, 5.74) is 0. The molecule has 1 saturated heterocycles. The number of hydrogen-bond donors (Lipinski definition) is 2. The number of halogens is 3. The van der Waals surface area contributed by atoms with Crippen LogP contribution in [0.1, 0.15) is 24.3 Å². The van der Waals surface area contributed by atoms with Crippen LogP contribution >= 0.6 is 11.3 Å². The number of alkyl halides is 3. The molecular weight excluding hydrogens is 399 g/mol. The van der Waals surface area contributed by atoms with E-state index in [1.54, 1.807) is 16.2 Å². The first-order chi connectivity index (χ1) is 12.9. The molecule has 2 rings (SSSR count). The summed E-state index contributed by atoms with van der Waals surface area (Å²) < 4.78 is 31.7. The highest BCUT2D eigenvalue weighted by molar-refractivity contribution is 7.10. The van der Waals surface area contributed by atoms with E-state index in [-0.39, 0.29) is 23.8 Å². The summed E-state index contributed by atoms with van der Waals surface area (Å²) in [6, 6.07) is 3.99. The van der Waals surface area contributed by atoms with Gasteiger partial charge in [-0.15, -0.1) is 11.3 Å². The van der Waals surface area contributed by atoms with E-state index < -0.39 is 12.1 Å².